The summed E-state index contributed by atoms with van der Waals surface area (Å²) < 4.78 is 18.1. The van der Waals surface area contributed by atoms with Crippen LogP contribution >= 0.6 is 0 Å². The van der Waals surface area contributed by atoms with E-state index < -0.39 is 5.91 Å². The lowest BCUT2D eigenvalue weighted by Crippen LogP contribution is -2.21. The fourth-order valence-corrected chi connectivity index (χ4v) is 1.76. The van der Waals surface area contributed by atoms with E-state index in [0.29, 0.717) is 17.2 Å². The summed E-state index contributed by atoms with van der Waals surface area (Å²) in [6.07, 6.45) is 0.823. The van der Waals surface area contributed by atoms with Gasteiger partial charge in [0.15, 0.2) is 6.61 Å². The average molecular weight is 265 g/mol. The Kier molecular flexibility index (Phi) is 3.83. The van der Waals surface area contributed by atoms with Crippen LogP contribution in [-0.2, 0) is 14.3 Å². The number of halogens is 1. The second-order valence-corrected chi connectivity index (χ2v) is 4.94. The van der Waals surface area contributed by atoms with Crippen LogP contribution in [-0.4, -0.2) is 18.5 Å². The summed E-state index contributed by atoms with van der Waals surface area (Å²) in [4.78, 5) is 22.9. The Labute approximate surface area is 110 Å². The molecule has 1 saturated carbocycles. The number of anilines is 1. The maximum Gasteiger partial charge on any atom is 0.309 e. The zero-order chi connectivity index (χ0) is 14.0. The Bertz CT molecular complexity index is 515. The Morgan fingerprint density at radius 1 is 1.47 bits per heavy atom. The van der Waals surface area contributed by atoms with Crippen LogP contribution in [0.4, 0.5) is 10.1 Å². The molecule has 1 fully saturated rings. The summed E-state index contributed by atoms with van der Waals surface area (Å²) in [5.41, 5.74) is 0.857. The third kappa shape index (κ3) is 3.53. The quantitative estimate of drug-likeness (QED) is 0.850. The second kappa shape index (κ2) is 5.38. The molecule has 0 unspecified atom stereocenters. The molecule has 4 nitrogen and oxygen atoms in total. The van der Waals surface area contributed by atoms with Gasteiger partial charge in [-0.15, -0.1) is 0 Å². The number of carbonyl (C=O) groups excluding carboxylic acids is 2. The smallest absolute Gasteiger partial charge is 0.309 e. The highest BCUT2D eigenvalue weighted by Gasteiger charge is 2.40. The highest BCUT2D eigenvalue weighted by molar-refractivity contribution is 5.93. The van der Waals surface area contributed by atoms with Gasteiger partial charge in [0, 0.05) is 5.69 Å². The number of carbonyl (C=O) groups is 2. The van der Waals surface area contributed by atoms with Gasteiger partial charge in [0.2, 0.25) is 0 Å². The SMILES string of the molecule is Cc1ccc(NC(=O)COC(=O)[C@H]2C[C@@H]2C)cc1F. The number of ether oxygens (including phenoxy) is 1. The molecule has 0 saturated heterocycles. The van der Waals surface area contributed by atoms with Gasteiger partial charge in [0.05, 0.1) is 5.92 Å². The van der Waals surface area contributed by atoms with Gasteiger partial charge in [0.1, 0.15) is 5.82 Å². The second-order valence-electron chi connectivity index (χ2n) is 4.94. The molecular formula is C14H16FNO3. The highest BCUT2D eigenvalue weighted by atomic mass is 19.1. The number of esters is 1. The summed E-state index contributed by atoms with van der Waals surface area (Å²) in [7, 11) is 0. The van der Waals surface area contributed by atoms with Crippen molar-refractivity contribution in [1.29, 1.82) is 0 Å². The molecule has 2 atom stereocenters. The van der Waals surface area contributed by atoms with E-state index in [1.165, 1.54) is 6.07 Å². The summed E-state index contributed by atoms with van der Waals surface area (Å²) >= 11 is 0. The first-order valence-corrected chi connectivity index (χ1v) is 6.20. The number of hydrogen-bond acceptors (Lipinski definition) is 3. The van der Waals surface area contributed by atoms with Crippen LogP contribution in [0, 0.1) is 24.6 Å². The first-order valence-electron chi connectivity index (χ1n) is 6.20. The minimum Gasteiger partial charge on any atom is -0.455 e. The lowest BCUT2D eigenvalue weighted by atomic mass is 10.2. The number of nitrogens with one attached hydrogen (secondary N) is 1. The third-order valence-electron chi connectivity index (χ3n) is 3.21. The molecule has 102 valence electrons. The highest BCUT2D eigenvalue weighted by Crippen LogP contribution is 2.38. The van der Waals surface area contributed by atoms with Crippen molar-refractivity contribution in [3.8, 4) is 0 Å². The van der Waals surface area contributed by atoms with Gasteiger partial charge >= 0.3 is 5.97 Å². The first-order chi connectivity index (χ1) is 8.97. The van der Waals surface area contributed by atoms with Crippen molar-refractivity contribution in [3.63, 3.8) is 0 Å². The fraction of sp³-hybridized carbons (Fsp3) is 0.429. The molecule has 1 amide bonds. The van der Waals surface area contributed by atoms with Gasteiger partial charge in [-0.1, -0.05) is 13.0 Å². The molecule has 0 radical (unpaired) electrons. The molecule has 0 spiro atoms. The number of hydrogen-bond donors (Lipinski definition) is 1. The van der Waals surface area contributed by atoms with Crippen LogP contribution in [0.1, 0.15) is 18.9 Å². The van der Waals surface area contributed by atoms with Gasteiger partial charge in [-0.3, -0.25) is 9.59 Å². The van der Waals surface area contributed by atoms with Crippen molar-refractivity contribution in [2.45, 2.75) is 20.3 Å². The molecule has 19 heavy (non-hydrogen) atoms. The predicted octanol–water partition coefficient (Wildman–Crippen LogP) is 2.27. The van der Waals surface area contributed by atoms with Gasteiger partial charge in [0.25, 0.3) is 5.91 Å². The summed E-state index contributed by atoms with van der Waals surface area (Å²) in [5, 5.41) is 2.48. The monoisotopic (exact) mass is 265 g/mol. The van der Waals surface area contributed by atoms with Crippen molar-refractivity contribution in [3.05, 3.63) is 29.6 Å². The van der Waals surface area contributed by atoms with E-state index >= 15 is 0 Å². The molecular weight excluding hydrogens is 249 g/mol. The topological polar surface area (TPSA) is 55.4 Å². The third-order valence-corrected chi connectivity index (χ3v) is 3.21. The maximum atomic E-state index is 13.3. The fourth-order valence-electron chi connectivity index (χ4n) is 1.76. The normalized spacial score (nSPS) is 20.8. The van der Waals surface area contributed by atoms with Crippen LogP contribution in [0.3, 0.4) is 0 Å². The molecule has 2 rings (SSSR count). The molecule has 0 aliphatic heterocycles. The van der Waals surface area contributed by atoms with Gasteiger partial charge in [-0.05, 0) is 37.0 Å². The molecule has 0 heterocycles. The number of amides is 1. The lowest BCUT2D eigenvalue weighted by molar-refractivity contribution is -0.148. The standard InChI is InChI=1S/C14H16FNO3/c1-8-3-4-10(6-12(8)15)16-13(17)7-19-14(18)11-5-9(11)2/h3-4,6,9,11H,5,7H2,1-2H3,(H,16,17)/t9-,11-/m0/s1. The van der Waals surface area contributed by atoms with Crippen LogP contribution in [0.25, 0.3) is 0 Å². The Balaban J connectivity index is 1.80. The van der Waals surface area contributed by atoms with Gasteiger partial charge in [-0.25, -0.2) is 4.39 Å². The zero-order valence-corrected chi connectivity index (χ0v) is 10.9. The van der Waals surface area contributed by atoms with Crippen molar-refractivity contribution in [2.75, 3.05) is 11.9 Å². The molecule has 1 aliphatic carbocycles. The first kappa shape index (κ1) is 13.5. The minimum atomic E-state index is -0.468. The Hall–Kier alpha value is -1.91. The number of benzene rings is 1. The van der Waals surface area contributed by atoms with Crippen LogP contribution < -0.4 is 5.32 Å². The van der Waals surface area contributed by atoms with Gasteiger partial charge < -0.3 is 10.1 Å². The zero-order valence-electron chi connectivity index (χ0n) is 10.9. The predicted molar refractivity (Wildman–Crippen MR) is 68.0 cm³/mol. The maximum absolute atomic E-state index is 13.3. The Morgan fingerprint density at radius 2 is 2.16 bits per heavy atom. The summed E-state index contributed by atoms with van der Waals surface area (Å²) in [5.74, 6) is -0.907. The van der Waals surface area contributed by atoms with Crippen molar-refractivity contribution in [2.24, 2.45) is 11.8 Å². The van der Waals surface area contributed by atoms with Crippen molar-refractivity contribution >= 4 is 17.6 Å². The van der Waals surface area contributed by atoms with Crippen LogP contribution in [0.15, 0.2) is 18.2 Å². The average Bonchev–Trinajstić information content (AvgIpc) is 3.08. The molecule has 0 bridgehead atoms. The molecule has 1 aromatic rings. The molecule has 0 aromatic heterocycles. The number of aryl methyl sites for hydroxylation is 1. The van der Waals surface area contributed by atoms with E-state index in [4.69, 9.17) is 4.74 Å². The molecule has 1 aromatic carbocycles. The number of rotatable bonds is 4. The van der Waals surface area contributed by atoms with E-state index in [0.717, 1.165) is 6.42 Å². The van der Waals surface area contributed by atoms with Crippen molar-refractivity contribution in [1.82, 2.24) is 0 Å². The molecule has 1 N–H and O–H groups in total. The van der Waals surface area contributed by atoms with Crippen LogP contribution in [0.5, 0.6) is 0 Å². The molecule has 1 aliphatic rings. The summed E-state index contributed by atoms with van der Waals surface area (Å²) in [6, 6.07) is 4.40. The Morgan fingerprint density at radius 3 is 2.74 bits per heavy atom. The largest absolute Gasteiger partial charge is 0.455 e. The molecule has 5 heteroatoms. The van der Waals surface area contributed by atoms with E-state index in [2.05, 4.69) is 5.32 Å². The van der Waals surface area contributed by atoms with E-state index in [9.17, 15) is 14.0 Å². The minimum absolute atomic E-state index is 0.0652. The van der Waals surface area contributed by atoms with Crippen LogP contribution in [0.2, 0.25) is 0 Å². The van der Waals surface area contributed by atoms with E-state index in [1.54, 1.807) is 19.1 Å². The van der Waals surface area contributed by atoms with Gasteiger partial charge in [-0.2, -0.15) is 0 Å². The van der Waals surface area contributed by atoms with E-state index in [-0.39, 0.29) is 24.3 Å². The lowest BCUT2D eigenvalue weighted by Gasteiger charge is -2.07. The van der Waals surface area contributed by atoms with E-state index in [1.807, 2.05) is 6.92 Å². The summed E-state index contributed by atoms with van der Waals surface area (Å²) in [6.45, 7) is 3.26. The van der Waals surface area contributed by atoms with Crippen molar-refractivity contribution < 1.29 is 18.7 Å².